The van der Waals surface area contributed by atoms with E-state index in [1.165, 1.54) is 7.11 Å². The largest absolute Gasteiger partial charge is 0.469 e. The van der Waals surface area contributed by atoms with Gasteiger partial charge in [0.25, 0.3) is 0 Å². The van der Waals surface area contributed by atoms with E-state index in [4.69, 9.17) is 15.2 Å². The van der Waals surface area contributed by atoms with Crippen molar-refractivity contribution in [2.24, 2.45) is 11.1 Å². The van der Waals surface area contributed by atoms with Crippen molar-refractivity contribution >= 4 is 12.1 Å². The molecule has 0 spiro atoms. The molecule has 2 fully saturated rings. The van der Waals surface area contributed by atoms with Crippen LogP contribution in [0.3, 0.4) is 0 Å². The summed E-state index contributed by atoms with van der Waals surface area (Å²) in [6.45, 7) is 6.04. The predicted octanol–water partition coefficient (Wildman–Crippen LogP) is 2.06. The second kappa shape index (κ2) is 6.07. The Kier molecular flexibility index (Phi) is 4.70. The zero-order valence-electron chi connectivity index (χ0n) is 14.1. The number of fused-ring (bicyclic) bond motifs is 2. The Morgan fingerprint density at radius 1 is 1.23 bits per heavy atom. The van der Waals surface area contributed by atoms with Crippen LogP contribution in [-0.2, 0) is 14.3 Å². The molecule has 6 heteroatoms. The first-order valence-electron chi connectivity index (χ1n) is 8.02. The minimum absolute atomic E-state index is 0.0410. The first-order chi connectivity index (χ1) is 10.2. The number of esters is 1. The third-order valence-corrected chi connectivity index (χ3v) is 4.72. The molecule has 126 valence electrons. The van der Waals surface area contributed by atoms with Gasteiger partial charge in [0.05, 0.1) is 12.5 Å². The molecule has 2 N–H and O–H groups in total. The van der Waals surface area contributed by atoms with Gasteiger partial charge in [0.1, 0.15) is 5.60 Å². The third kappa shape index (κ3) is 3.21. The fourth-order valence-electron chi connectivity index (χ4n) is 3.93. The number of piperidine rings is 1. The molecular weight excluding hydrogens is 284 g/mol. The molecule has 0 aromatic heterocycles. The molecule has 6 nitrogen and oxygen atoms in total. The Hall–Kier alpha value is -1.30. The summed E-state index contributed by atoms with van der Waals surface area (Å²) in [6.07, 6.45) is 3.39. The van der Waals surface area contributed by atoms with Crippen LogP contribution in [0.5, 0.6) is 0 Å². The SMILES string of the molecule is COC(=O)[C@@]1(CCN)C[C@H]2CC[C@@H](C1)N2C(=O)OC(C)(C)C. The number of methoxy groups -OCH3 is 1. The lowest BCUT2D eigenvalue weighted by molar-refractivity contribution is -0.158. The number of nitrogens with two attached hydrogens (primary N) is 1. The van der Waals surface area contributed by atoms with Gasteiger partial charge >= 0.3 is 12.1 Å². The topological polar surface area (TPSA) is 81.9 Å². The first-order valence-corrected chi connectivity index (χ1v) is 8.02. The summed E-state index contributed by atoms with van der Waals surface area (Å²) in [6, 6.07) is 0.0819. The zero-order valence-corrected chi connectivity index (χ0v) is 14.1. The normalized spacial score (nSPS) is 31.0. The van der Waals surface area contributed by atoms with Gasteiger partial charge < -0.3 is 20.1 Å². The van der Waals surface area contributed by atoms with Crippen molar-refractivity contribution < 1.29 is 19.1 Å². The van der Waals surface area contributed by atoms with Gasteiger partial charge in [-0.05, 0) is 59.4 Å². The number of carbonyl (C=O) groups is 2. The summed E-state index contributed by atoms with van der Waals surface area (Å²) in [7, 11) is 1.42. The monoisotopic (exact) mass is 312 g/mol. The number of amides is 1. The van der Waals surface area contributed by atoms with E-state index >= 15 is 0 Å². The van der Waals surface area contributed by atoms with Crippen LogP contribution in [0.25, 0.3) is 0 Å². The fraction of sp³-hybridized carbons (Fsp3) is 0.875. The summed E-state index contributed by atoms with van der Waals surface area (Å²) < 4.78 is 10.5. The highest BCUT2D eigenvalue weighted by atomic mass is 16.6. The van der Waals surface area contributed by atoms with Crippen molar-refractivity contribution in [1.29, 1.82) is 0 Å². The number of carbonyl (C=O) groups excluding carboxylic acids is 2. The van der Waals surface area contributed by atoms with Crippen molar-refractivity contribution in [1.82, 2.24) is 4.90 Å². The van der Waals surface area contributed by atoms with Crippen molar-refractivity contribution in [3.05, 3.63) is 0 Å². The van der Waals surface area contributed by atoms with Crippen LogP contribution in [-0.4, -0.2) is 48.3 Å². The molecule has 1 amide bonds. The Balaban J connectivity index is 2.17. The van der Waals surface area contributed by atoms with Crippen molar-refractivity contribution in [2.45, 2.75) is 70.6 Å². The van der Waals surface area contributed by atoms with E-state index in [0.717, 1.165) is 12.8 Å². The van der Waals surface area contributed by atoms with E-state index in [-0.39, 0.29) is 24.1 Å². The Morgan fingerprint density at radius 2 is 1.77 bits per heavy atom. The minimum Gasteiger partial charge on any atom is -0.469 e. The quantitative estimate of drug-likeness (QED) is 0.807. The van der Waals surface area contributed by atoms with Crippen molar-refractivity contribution in [3.63, 3.8) is 0 Å². The summed E-state index contributed by atoms with van der Waals surface area (Å²) in [5.74, 6) is -0.196. The minimum atomic E-state index is -0.548. The van der Waals surface area contributed by atoms with Crippen LogP contribution >= 0.6 is 0 Å². The molecule has 0 aromatic carbocycles. The Morgan fingerprint density at radius 3 is 2.18 bits per heavy atom. The molecule has 3 atom stereocenters. The van der Waals surface area contributed by atoms with Gasteiger partial charge in [0, 0.05) is 12.1 Å². The van der Waals surface area contributed by atoms with Gasteiger partial charge in [-0.1, -0.05) is 0 Å². The van der Waals surface area contributed by atoms with Crippen LogP contribution in [0.15, 0.2) is 0 Å². The molecule has 2 saturated heterocycles. The maximum atomic E-state index is 12.4. The van der Waals surface area contributed by atoms with Gasteiger partial charge in [0.2, 0.25) is 0 Å². The molecule has 2 rings (SSSR count). The van der Waals surface area contributed by atoms with Crippen LogP contribution in [0.2, 0.25) is 0 Å². The van der Waals surface area contributed by atoms with E-state index in [1.807, 2.05) is 25.7 Å². The second-order valence-corrected chi connectivity index (χ2v) is 7.49. The molecule has 22 heavy (non-hydrogen) atoms. The highest BCUT2D eigenvalue weighted by molar-refractivity contribution is 5.78. The van der Waals surface area contributed by atoms with Crippen molar-refractivity contribution in [3.8, 4) is 0 Å². The summed E-state index contributed by atoms with van der Waals surface area (Å²) >= 11 is 0. The van der Waals surface area contributed by atoms with E-state index in [1.54, 1.807) is 0 Å². The van der Waals surface area contributed by atoms with Crippen LogP contribution in [0.1, 0.15) is 52.9 Å². The van der Waals surface area contributed by atoms with Gasteiger partial charge in [-0.15, -0.1) is 0 Å². The van der Waals surface area contributed by atoms with Crippen LogP contribution in [0, 0.1) is 5.41 Å². The first kappa shape index (κ1) is 17.1. The number of hydrogen-bond acceptors (Lipinski definition) is 5. The number of hydrogen-bond donors (Lipinski definition) is 1. The van der Waals surface area contributed by atoms with E-state index in [2.05, 4.69) is 0 Å². The van der Waals surface area contributed by atoms with Crippen LogP contribution < -0.4 is 5.73 Å². The lowest BCUT2D eigenvalue weighted by atomic mass is 9.72. The zero-order chi connectivity index (χ0) is 16.5. The number of ether oxygens (including phenoxy) is 2. The molecule has 2 bridgehead atoms. The summed E-state index contributed by atoms with van der Waals surface area (Å²) in [4.78, 5) is 26.6. The Labute approximate surface area is 132 Å². The average Bonchev–Trinajstić information content (AvgIpc) is 2.69. The molecule has 0 unspecified atom stereocenters. The van der Waals surface area contributed by atoms with Gasteiger partial charge in [0.15, 0.2) is 0 Å². The van der Waals surface area contributed by atoms with E-state index in [9.17, 15) is 9.59 Å². The predicted molar refractivity (Wildman–Crippen MR) is 82.2 cm³/mol. The lowest BCUT2D eigenvalue weighted by Gasteiger charge is -2.44. The standard InChI is InChI=1S/C16H28N2O4/c1-15(2,3)22-14(20)18-11-5-6-12(18)10-16(9-11,7-8-17)13(19)21-4/h11-12H,5-10,17H2,1-4H3/t11-,12+,16+. The van der Waals surface area contributed by atoms with Gasteiger partial charge in [-0.2, -0.15) is 0 Å². The smallest absolute Gasteiger partial charge is 0.410 e. The third-order valence-electron chi connectivity index (χ3n) is 4.72. The molecule has 2 aliphatic rings. The number of nitrogens with zero attached hydrogens (tertiary/aromatic N) is 1. The fourth-order valence-corrected chi connectivity index (χ4v) is 3.93. The van der Waals surface area contributed by atoms with Crippen molar-refractivity contribution in [2.75, 3.05) is 13.7 Å². The van der Waals surface area contributed by atoms with Crippen LogP contribution in [0.4, 0.5) is 4.79 Å². The summed E-state index contributed by atoms with van der Waals surface area (Å²) in [5, 5.41) is 0. The van der Waals surface area contributed by atoms with Gasteiger partial charge in [-0.3, -0.25) is 4.79 Å². The molecular formula is C16H28N2O4. The summed E-state index contributed by atoms with van der Waals surface area (Å²) in [5.41, 5.74) is 4.66. The van der Waals surface area contributed by atoms with Gasteiger partial charge in [-0.25, -0.2) is 4.79 Å². The Bertz CT molecular complexity index is 430. The molecule has 2 heterocycles. The maximum absolute atomic E-state index is 12.4. The molecule has 0 saturated carbocycles. The highest BCUT2D eigenvalue weighted by Gasteiger charge is 2.54. The number of rotatable bonds is 3. The van der Waals surface area contributed by atoms with E-state index < -0.39 is 11.0 Å². The maximum Gasteiger partial charge on any atom is 0.410 e. The highest BCUT2D eigenvalue weighted by Crippen LogP contribution is 2.48. The van der Waals surface area contributed by atoms with E-state index in [0.29, 0.717) is 25.8 Å². The average molecular weight is 312 g/mol. The lowest BCUT2D eigenvalue weighted by Crippen LogP contribution is -2.54. The molecule has 2 aliphatic heterocycles. The second-order valence-electron chi connectivity index (χ2n) is 7.49. The molecule has 0 aliphatic carbocycles. The molecule has 0 radical (unpaired) electrons. The molecule has 0 aromatic rings.